The van der Waals surface area contributed by atoms with Crippen molar-refractivity contribution in [1.82, 2.24) is 5.16 Å². The van der Waals surface area contributed by atoms with Gasteiger partial charge in [-0.15, -0.1) is 0 Å². The van der Waals surface area contributed by atoms with Crippen LogP contribution in [0.3, 0.4) is 0 Å². The van der Waals surface area contributed by atoms with Gasteiger partial charge >= 0.3 is 0 Å². The van der Waals surface area contributed by atoms with Crippen LogP contribution in [0.4, 0.5) is 5.88 Å². The van der Waals surface area contributed by atoms with Crippen molar-refractivity contribution in [2.45, 2.75) is 0 Å². The maximum absolute atomic E-state index is 6.12. The summed E-state index contributed by atoms with van der Waals surface area (Å²) in [7, 11) is 3.08. The number of methoxy groups -OCH3 is 2. The Morgan fingerprint density at radius 1 is 1.29 bits per heavy atom. The Labute approximate surface area is 103 Å². The summed E-state index contributed by atoms with van der Waals surface area (Å²) in [5, 5.41) is 4.29. The van der Waals surface area contributed by atoms with Crippen LogP contribution in [0.2, 0.25) is 5.02 Å². The van der Waals surface area contributed by atoms with Crippen molar-refractivity contribution in [2.75, 3.05) is 20.0 Å². The minimum atomic E-state index is 0.209. The van der Waals surface area contributed by atoms with E-state index in [-0.39, 0.29) is 5.88 Å². The van der Waals surface area contributed by atoms with Crippen molar-refractivity contribution < 1.29 is 14.0 Å². The summed E-state index contributed by atoms with van der Waals surface area (Å²) in [6, 6.07) is 4.99. The van der Waals surface area contributed by atoms with Gasteiger partial charge in [0.25, 0.3) is 0 Å². The van der Waals surface area contributed by atoms with Gasteiger partial charge in [0.15, 0.2) is 11.5 Å². The number of halogens is 1. The highest BCUT2D eigenvalue weighted by atomic mass is 35.5. The molecule has 5 nitrogen and oxygen atoms in total. The van der Waals surface area contributed by atoms with Crippen molar-refractivity contribution in [3.05, 3.63) is 23.2 Å². The first-order valence-corrected chi connectivity index (χ1v) is 5.18. The molecule has 17 heavy (non-hydrogen) atoms. The van der Waals surface area contributed by atoms with E-state index in [1.807, 2.05) is 0 Å². The van der Waals surface area contributed by atoms with Crippen molar-refractivity contribution in [3.8, 4) is 22.8 Å². The fraction of sp³-hybridized carbons (Fsp3) is 0.182. The molecule has 0 aliphatic rings. The predicted octanol–water partition coefficient (Wildman–Crippen LogP) is 2.59. The summed E-state index contributed by atoms with van der Waals surface area (Å²) in [6.07, 6.45) is 0. The average molecular weight is 255 g/mol. The number of nitrogens with zero attached hydrogens (tertiary/aromatic N) is 1. The minimum absolute atomic E-state index is 0.209. The molecule has 2 rings (SSSR count). The zero-order valence-corrected chi connectivity index (χ0v) is 10.1. The Kier molecular flexibility index (Phi) is 3.10. The number of benzene rings is 1. The second-order valence-corrected chi connectivity index (χ2v) is 3.68. The molecule has 0 radical (unpaired) electrons. The largest absolute Gasteiger partial charge is 0.493 e. The lowest BCUT2D eigenvalue weighted by Gasteiger charge is -2.12. The zero-order valence-electron chi connectivity index (χ0n) is 9.36. The third kappa shape index (κ3) is 2.01. The van der Waals surface area contributed by atoms with Gasteiger partial charge in [0.2, 0.25) is 5.88 Å². The Hall–Kier alpha value is -1.88. The molecule has 0 bridgehead atoms. The normalized spacial score (nSPS) is 10.3. The van der Waals surface area contributed by atoms with Crippen LogP contribution in [0.5, 0.6) is 11.5 Å². The summed E-state index contributed by atoms with van der Waals surface area (Å²) in [6.45, 7) is 0. The molecule has 0 spiro atoms. The number of rotatable bonds is 3. The molecule has 0 unspecified atom stereocenters. The van der Waals surface area contributed by atoms with Gasteiger partial charge in [-0.3, -0.25) is 0 Å². The molecule has 1 aromatic heterocycles. The third-order valence-electron chi connectivity index (χ3n) is 2.28. The van der Waals surface area contributed by atoms with Gasteiger partial charge in [0.1, 0.15) is 5.69 Å². The van der Waals surface area contributed by atoms with Crippen LogP contribution in [0.1, 0.15) is 0 Å². The number of anilines is 1. The van der Waals surface area contributed by atoms with Crippen LogP contribution in [-0.4, -0.2) is 19.4 Å². The molecule has 0 saturated heterocycles. The minimum Gasteiger partial charge on any atom is -0.493 e. The van der Waals surface area contributed by atoms with E-state index in [2.05, 4.69) is 5.16 Å². The molecule has 0 atom stereocenters. The molecule has 0 aliphatic heterocycles. The van der Waals surface area contributed by atoms with Crippen LogP contribution < -0.4 is 15.2 Å². The maximum atomic E-state index is 6.12. The van der Waals surface area contributed by atoms with Gasteiger partial charge in [-0.2, -0.15) is 0 Å². The van der Waals surface area contributed by atoms with E-state index in [1.165, 1.54) is 7.11 Å². The molecule has 6 heteroatoms. The molecule has 90 valence electrons. The lowest BCUT2D eigenvalue weighted by molar-refractivity contribution is 0.355. The molecular formula is C11H11ClN2O3. The van der Waals surface area contributed by atoms with Gasteiger partial charge in [-0.1, -0.05) is 16.8 Å². The predicted molar refractivity (Wildman–Crippen MR) is 64.5 cm³/mol. The zero-order chi connectivity index (χ0) is 12.4. The maximum Gasteiger partial charge on any atom is 0.222 e. The van der Waals surface area contributed by atoms with E-state index in [9.17, 15) is 0 Å². The number of hydrogen-bond acceptors (Lipinski definition) is 5. The van der Waals surface area contributed by atoms with Crippen LogP contribution >= 0.6 is 11.6 Å². The highest BCUT2D eigenvalue weighted by molar-refractivity contribution is 6.33. The second kappa shape index (κ2) is 4.55. The first-order valence-electron chi connectivity index (χ1n) is 4.80. The van der Waals surface area contributed by atoms with E-state index in [0.717, 1.165) is 0 Å². The van der Waals surface area contributed by atoms with Crippen LogP contribution in [0, 0.1) is 0 Å². The third-order valence-corrected chi connectivity index (χ3v) is 2.59. The molecule has 0 saturated carbocycles. The quantitative estimate of drug-likeness (QED) is 0.912. The van der Waals surface area contributed by atoms with Gasteiger partial charge in [0, 0.05) is 6.07 Å². The molecule has 2 aromatic rings. The van der Waals surface area contributed by atoms with Gasteiger partial charge in [-0.05, 0) is 12.1 Å². The monoisotopic (exact) mass is 254 g/mol. The summed E-state index contributed by atoms with van der Waals surface area (Å²) in [4.78, 5) is 0. The summed E-state index contributed by atoms with van der Waals surface area (Å²) in [5.74, 6) is 1.27. The highest BCUT2D eigenvalue weighted by Crippen LogP contribution is 2.42. The molecular weight excluding hydrogens is 244 g/mol. The number of aromatic nitrogens is 1. The van der Waals surface area contributed by atoms with E-state index >= 15 is 0 Å². The fourth-order valence-electron chi connectivity index (χ4n) is 1.55. The van der Waals surface area contributed by atoms with Gasteiger partial charge in [-0.25, -0.2) is 0 Å². The SMILES string of the molecule is COc1ccc(Cl)c(-c2cc(N)on2)c1OC. The first kappa shape index (κ1) is 11.6. The van der Waals surface area contributed by atoms with Gasteiger partial charge in [0.05, 0.1) is 24.8 Å². The molecule has 0 aliphatic carbocycles. The lowest BCUT2D eigenvalue weighted by atomic mass is 10.1. The highest BCUT2D eigenvalue weighted by Gasteiger charge is 2.18. The lowest BCUT2D eigenvalue weighted by Crippen LogP contribution is -1.94. The number of nitrogens with two attached hydrogens (primary N) is 1. The van der Waals surface area contributed by atoms with Crippen molar-refractivity contribution in [3.63, 3.8) is 0 Å². The summed E-state index contributed by atoms with van der Waals surface area (Å²) in [5.41, 5.74) is 6.58. The van der Waals surface area contributed by atoms with E-state index in [4.69, 9.17) is 31.3 Å². The molecule has 0 fully saturated rings. The van der Waals surface area contributed by atoms with Crippen molar-refractivity contribution in [2.24, 2.45) is 0 Å². The standard InChI is InChI=1S/C11H11ClN2O3/c1-15-8-4-3-6(12)10(11(8)16-2)7-5-9(13)17-14-7/h3-5H,13H2,1-2H3. The molecule has 1 heterocycles. The van der Waals surface area contributed by atoms with Crippen LogP contribution in [-0.2, 0) is 0 Å². The number of hydrogen-bond donors (Lipinski definition) is 1. The fourth-order valence-corrected chi connectivity index (χ4v) is 1.79. The number of nitrogen functional groups attached to an aromatic ring is 1. The average Bonchev–Trinajstić information content (AvgIpc) is 2.74. The van der Waals surface area contributed by atoms with Gasteiger partial charge < -0.3 is 19.7 Å². The van der Waals surface area contributed by atoms with Crippen LogP contribution in [0.25, 0.3) is 11.3 Å². The number of ether oxygens (including phenoxy) is 2. The van der Waals surface area contributed by atoms with Crippen molar-refractivity contribution in [1.29, 1.82) is 0 Å². The van der Waals surface area contributed by atoms with E-state index in [0.29, 0.717) is 27.8 Å². The second-order valence-electron chi connectivity index (χ2n) is 3.27. The Morgan fingerprint density at radius 3 is 2.59 bits per heavy atom. The smallest absolute Gasteiger partial charge is 0.222 e. The Balaban J connectivity index is 2.66. The molecule has 2 N–H and O–H groups in total. The Morgan fingerprint density at radius 2 is 2.06 bits per heavy atom. The van der Waals surface area contributed by atoms with Crippen molar-refractivity contribution >= 4 is 17.5 Å². The topological polar surface area (TPSA) is 70.5 Å². The summed E-state index contributed by atoms with van der Waals surface area (Å²) < 4.78 is 15.3. The van der Waals surface area contributed by atoms with E-state index < -0.39 is 0 Å². The van der Waals surface area contributed by atoms with Crippen LogP contribution in [0.15, 0.2) is 22.7 Å². The molecule has 1 aromatic carbocycles. The Bertz CT molecular complexity index is 540. The summed E-state index contributed by atoms with van der Waals surface area (Å²) >= 11 is 6.12. The first-order chi connectivity index (χ1) is 8.17. The van der Waals surface area contributed by atoms with E-state index in [1.54, 1.807) is 25.3 Å². The molecule has 0 amide bonds.